The Balaban J connectivity index is 0.000000517. The van der Waals surface area contributed by atoms with Crippen molar-refractivity contribution in [2.45, 2.75) is 32.0 Å². The van der Waals surface area contributed by atoms with Crippen LogP contribution in [0.3, 0.4) is 0 Å². The van der Waals surface area contributed by atoms with Gasteiger partial charge in [-0.2, -0.15) is 13.2 Å². The van der Waals surface area contributed by atoms with Crippen LogP contribution in [0.25, 0.3) is 0 Å². The van der Waals surface area contributed by atoms with Crippen LogP contribution in [-0.4, -0.2) is 96.0 Å². The van der Waals surface area contributed by atoms with E-state index < -0.39 is 12.1 Å². The number of carbonyl (C=O) groups is 3. The van der Waals surface area contributed by atoms with E-state index >= 15 is 0 Å². The summed E-state index contributed by atoms with van der Waals surface area (Å²) in [5.74, 6) is -1.23. The molecule has 2 aromatic rings. The minimum atomic E-state index is -5.08. The molecule has 42 heavy (non-hydrogen) atoms. The van der Waals surface area contributed by atoms with Crippen molar-refractivity contribution in [1.29, 1.82) is 0 Å². The van der Waals surface area contributed by atoms with Crippen LogP contribution in [0.2, 0.25) is 5.02 Å². The number of aliphatic carboxylic acids is 1. The summed E-state index contributed by atoms with van der Waals surface area (Å²) in [4.78, 5) is 48.3. The first kappa shape index (κ1) is 31.1. The number of halogens is 4. The van der Waals surface area contributed by atoms with Crippen LogP contribution >= 0.6 is 11.6 Å². The third-order valence-corrected chi connectivity index (χ3v) is 7.83. The largest absolute Gasteiger partial charge is 0.490 e. The molecule has 0 atom stereocenters. The van der Waals surface area contributed by atoms with Crippen molar-refractivity contribution in [3.63, 3.8) is 0 Å². The van der Waals surface area contributed by atoms with E-state index in [1.165, 1.54) is 0 Å². The number of likely N-dealkylation sites (N-methyl/N-ethyl adjacent to an activating group) is 1. The van der Waals surface area contributed by atoms with Crippen molar-refractivity contribution in [3.05, 3.63) is 64.7 Å². The number of amides is 2. The first-order valence-corrected chi connectivity index (χ1v) is 14.1. The quantitative estimate of drug-likeness (QED) is 0.555. The van der Waals surface area contributed by atoms with Gasteiger partial charge in [0.1, 0.15) is 6.54 Å². The molecule has 3 aliphatic rings. The number of hydrogen-bond acceptors (Lipinski definition) is 6. The van der Waals surface area contributed by atoms with Crippen LogP contribution in [-0.2, 0) is 16.1 Å². The zero-order chi connectivity index (χ0) is 30.4. The van der Waals surface area contributed by atoms with Gasteiger partial charge in [0.15, 0.2) is 5.96 Å². The molecule has 1 saturated heterocycles. The number of hydrogen-bond donors (Lipinski definition) is 1. The molecule has 2 amide bonds. The van der Waals surface area contributed by atoms with Crippen molar-refractivity contribution >= 4 is 41.0 Å². The Morgan fingerprint density at radius 3 is 2.26 bits per heavy atom. The van der Waals surface area contributed by atoms with Crippen molar-refractivity contribution in [1.82, 2.24) is 14.7 Å². The fourth-order valence-electron chi connectivity index (χ4n) is 5.31. The van der Waals surface area contributed by atoms with Crippen LogP contribution in [0.5, 0.6) is 0 Å². The molecular formula is C29H33ClF3N5O4. The maximum Gasteiger partial charge on any atom is 0.490 e. The number of piperidine rings is 1. The van der Waals surface area contributed by atoms with Crippen LogP contribution in [0.4, 0.5) is 18.9 Å². The normalized spacial score (nSPS) is 17.7. The lowest BCUT2D eigenvalue weighted by Crippen LogP contribution is -2.45. The number of aliphatic imine (C=N–C) groups is 1. The average molecular weight is 608 g/mol. The van der Waals surface area contributed by atoms with Gasteiger partial charge in [-0.3, -0.25) is 14.6 Å². The molecule has 0 aromatic heterocycles. The molecule has 1 fully saturated rings. The number of anilines is 1. The molecular weight excluding hydrogens is 575 g/mol. The van der Waals surface area contributed by atoms with Gasteiger partial charge in [-0.1, -0.05) is 29.8 Å². The predicted molar refractivity (Wildman–Crippen MR) is 153 cm³/mol. The summed E-state index contributed by atoms with van der Waals surface area (Å²) in [6, 6.07) is 14.8. The summed E-state index contributed by atoms with van der Waals surface area (Å²) in [5.41, 5.74) is 2.46. The Morgan fingerprint density at radius 2 is 1.67 bits per heavy atom. The molecule has 3 heterocycles. The van der Waals surface area contributed by atoms with Gasteiger partial charge in [0.25, 0.3) is 5.91 Å². The van der Waals surface area contributed by atoms with Gasteiger partial charge in [0.05, 0.1) is 6.54 Å². The molecule has 226 valence electrons. The smallest absolute Gasteiger partial charge is 0.475 e. The molecule has 5 rings (SSSR count). The van der Waals surface area contributed by atoms with Gasteiger partial charge in [-0.25, -0.2) is 4.79 Å². The van der Waals surface area contributed by atoms with Crippen molar-refractivity contribution in [2.24, 2.45) is 10.9 Å². The van der Waals surface area contributed by atoms with E-state index in [-0.39, 0.29) is 18.4 Å². The monoisotopic (exact) mass is 607 g/mol. The Kier molecular flexibility index (Phi) is 9.97. The number of carboxylic acids is 1. The summed E-state index contributed by atoms with van der Waals surface area (Å²) < 4.78 is 31.7. The third-order valence-electron chi connectivity index (χ3n) is 7.58. The maximum atomic E-state index is 13.4. The van der Waals surface area contributed by atoms with Crippen LogP contribution < -0.4 is 4.90 Å². The summed E-state index contributed by atoms with van der Waals surface area (Å²) in [6.07, 6.45) is -1.91. The standard InChI is InChI=1S/C27H32ClN5O2.C2HF3O2/c1-30-17-13-29-27(30)31-14-10-20(11-15-31)12-16-33-24-5-3-2-4-22(24)18-32(19-25(33)34)26(35)21-6-8-23(28)9-7-21;3-2(4,5)1(6)7/h2-9,20H,10-19H2,1H3;(H,6,7). The number of fused-ring (bicyclic) bond motifs is 1. The third kappa shape index (κ3) is 7.72. The van der Waals surface area contributed by atoms with Crippen molar-refractivity contribution in [3.8, 4) is 0 Å². The fraction of sp³-hybridized carbons (Fsp3) is 0.448. The number of nitrogens with zero attached hydrogens (tertiary/aromatic N) is 5. The lowest BCUT2D eigenvalue weighted by molar-refractivity contribution is -0.192. The highest BCUT2D eigenvalue weighted by molar-refractivity contribution is 6.30. The molecule has 2 aromatic carbocycles. The Bertz CT molecular complexity index is 1310. The molecule has 0 bridgehead atoms. The van der Waals surface area contributed by atoms with E-state index in [1.54, 1.807) is 29.2 Å². The van der Waals surface area contributed by atoms with E-state index in [1.807, 2.05) is 29.2 Å². The molecule has 0 aliphatic carbocycles. The maximum absolute atomic E-state index is 13.4. The first-order chi connectivity index (χ1) is 19.9. The number of guanidine groups is 1. The lowest BCUT2D eigenvalue weighted by atomic mass is 9.93. The second kappa shape index (κ2) is 13.5. The van der Waals surface area contributed by atoms with Crippen LogP contribution in [0.1, 0.15) is 35.2 Å². The van der Waals surface area contributed by atoms with Crippen LogP contribution in [0.15, 0.2) is 53.5 Å². The molecule has 1 N–H and O–H groups in total. The highest BCUT2D eigenvalue weighted by atomic mass is 35.5. The molecule has 0 unspecified atom stereocenters. The predicted octanol–water partition coefficient (Wildman–Crippen LogP) is 4.37. The summed E-state index contributed by atoms with van der Waals surface area (Å²) in [5, 5.41) is 7.71. The molecule has 0 saturated carbocycles. The van der Waals surface area contributed by atoms with E-state index in [0.717, 1.165) is 62.7 Å². The highest BCUT2D eigenvalue weighted by Crippen LogP contribution is 2.29. The number of carbonyl (C=O) groups excluding carboxylic acids is 2. The van der Waals surface area contributed by atoms with E-state index in [4.69, 9.17) is 21.5 Å². The number of rotatable bonds is 4. The SMILES string of the molecule is CN1CCN=C1N1CCC(CCN2C(=O)CN(C(=O)c3ccc(Cl)cc3)Cc3ccccc32)CC1.O=C(O)C(F)(F)F. The van der Waals surface area contributed by atoms with Gasteiger partial charge in [0.2, 0.25) is 5.91 Å². The summed E-state index contributed by atoms with van der Waals surface area (Å²) in [7, 11) is 2.11. The average Bonchev–Trinajstić information content (AvgIpc) is 3.33. The molecule has 9 nitrogen and oxygen atoms in total. The first-order valence-electron chi connectivity index (χ1n) is 13.7. The van der Waals surface area contributed by atoms with Gasteiger partial charge < -0.3 is 24.7 Å². The Hall–Kier alpha value is -3.80. The molecule has 3 aliphatic heterocycles. The topological polar surface area (TPSA) is 96.8 Å². The van der Waals surface area contributed by atoms with Gasteiger partial charge in [-0.15, -0.1) is 0 Å². The van der Waals surface area contributed by atoms with Crippen molar-refractivity contribution in [2.75, 3.05) is 51.2 Å². The highest BCUT2D eigenvalue weighted by Gasteiger charge is 2.38. The number of benzene rings is 2. The summed E-state index contributed by atoms with van der Waals surface area (Å²) in [6.45, 7) is 5.07. The van der Waals surface area contributed by atoms with Crippen molar-refractivity contribution < 1.29 is 32.7 Å². The molecule has 0 radical (unpaired) electrons. The minimum Gasteiger partial charge on any atom is -0.475 e. The number of para-hydroxylation sites is 1. The van der Waals surface area contributed by atoms with E-state index in [9.17, 15) is 22.8 Å². The Labute approximate surface area is 247 Å². The second-order valence-electron chi connectivity index (χ2n) is 10.5. The molecule has 13 heteroatoms. The minimum absolute atomic E-state index is 0.0309. The van der Waals surface area contributed by atoms with E-state index in [2.05, 4.69) is 21.8 Å². The fourth-order valence-corrected chi connectivity index (χ4v) is 5.44. The zero-order valence-electron chi connectivity index (χ0n) is 23.2. The summed E-state index contributed by atoms with van der Waals surface area (Å²) >= 11 is 5.99. The molecule has 0 spiro atoms. The zero-order valence-corrected chi connectivity index (χ0v) is 23.9. The van der Waals surface area contributed by atoms with Gasteiger partial charge >= 0.3 is 12.1 Å². The van der Waals surface area contributed by atoms with Crippen LogP contribution in [0, 0.1) is 5.92 Å². The number of likely N-dealkylation sites (tertiary alicyclic amines) is 1. The van der Waals surface area contributed by atoms with Gasteiger partial charge in [0, 0.05) is 56.0 Å². The lowest BCUT2D eigenvalue weighted by Gasteiger charge is -2.36. The Morgan fingerprint density at radius 1 is 1.02 bits per heavy atom. The van der Waals surface area contributed by atoms with E-state index in [0.29, 0.717) is 29.6 Å². The number of alkyl halides is 3. The van der Waals surface area contributed by atoms with Gasteiger partial charge in [-0.05, 0) is 61.1 Å². The number of carboxylic acid groups (broad SMARTS) is 1. The second-order valence-corrected chi connectivity index (χ2v) is 10.9.